The second-order valence-electron chi connectivity index (χ2n) is 4.54. The van der Waals surface area contributed by atoms with Crippen LogP contribution in [0.4, 0.5) is 0 Å². The van der Waals surface area contributed by atoms with E-state index in [-0.39, 0.29) is 5.91 Å². The first-order valence-electron chi connectivity index (χ1n) is 6.72. The molecule has 4 nitrogen and oxygen atoms in total. The first-order valence-corrected chi connectivity index (χ1v) is 6.72. The molecule has 1 heterocycles. The van der Waals surface area contributed by atoms with Crippen LogP contribution in [0.1, 0.15) is 28.5 Å². The Bertz CT molecular complexity index is 569. The van der Waals surface area contributed by atoms with E-state index in [9.17, 15) is 4.79 Å². The molecule has 0 aliphatic heterocycles. The molecule has 1 aromatic heterocycles. The summed E-state index contributed by atoms with van der Waals surface area (Å²) >= 11 is 0. The van der Waals surface area contributed by atoms with Crippen LogP contribution in [-0.4, -0.2) is 22.3 Å². The molecule has 0 aliphatic rings. The Morgan fingerprint density at radius 3 is 2.65 bits per heavy atom. The second kappa shape index (κ2) is 6.82. The Kier molecular flexibility index (Phi) is 4.85. The molecule has 2 aromatic rings. The molecular weight excluding hydrogens is 250 g/mol. The second-order valence-corrected chi connectivity index (χ2v) is 4.54. The third-order valence-corrected chi connectivity index (χ3v) is 3.16. The van der Waals surface area contributed by atoms with Gasteiger partial charge >= 0.3 is 0 Å². The van der Waals surface area contributed by atoms with Gasteiger partial charge in [-0.3, -0.25) is 9.78 Å². The number of amides is 1. The predicted molar refractivity (Wildman–Crippen MR) is 79.0 cm³/mol. The lowest BCUT2D eigenvalue weighted by molar-refractivity contribution is 0.0752. The number of hydrogen-bond acceptors (Lipinski definition) is 3. The van der Waals surface area contributed by atoms with Gasteiger partial charge in [0.2, 0.25) is 0 Å². The van der Waals surface area contributed by atoms with Crippen molar-refractivity contribution >= 4 is 5.91 Å². The lowest BCUT2D eigenvalue weighted by Gasteiger charge is -2.21. The van der Waals surface area contributed by atoms with E-state index < -0.39 is 0 Å². The van der Waals surface area contributed by atoms with Gasteiger partial charge in [-0.25, -0.2) is 0 Å². The number of hydrogen-bond donors (Lipinski definition) is 1. The van der Waals surface area contributed by atoms with Crippen LogP contribution in [-0.2, 0) is 13.1 Å². The molecule has 4 heteroatoms. The zero-order chi connectivity index (χ0) is 14.4. The largest absolute Gasteiger partial charge is 0.335 e. The van der Waals surface area contributed by atoms with E-state index in [0.717, 1.165) is 11.3 Å². The summed E-state index contributed by atoms with van der Waals surface area (Å²) < 4.78 is 0. The van der Waals surface area contributed by atoms with Gasteiger partial charge in [-0.2, -0.15) is 0 Å². The van der Waals surface area contributed by atoms with Crippen molar-refractivity contribution in [1.82, 2.24) is 9.88 Å². The van der Waals surface area contributed by atoms with Crippen LogP contribution in [0.15, 0.2) is 48.7 Å². The zero-order valence-corrected chi connectivity index (χ0v) is 11.6. The number of rotatable bonds is 5. The zero-order valence-electron chi connectivity index (χ0n) is 11.6. The highest BCUT2D eigenvalue weighted by Gasteiger charge is 2.14. The SMILES string of the molecule is CCN(Cc1ccccc1)C(=O)c1ccnc(CN)c1. The average Bonchev–Trinajstić information content (AvgIpc) is 2.53. The molecule has 0 aliphatic carbocycles. The first-order chi connectivity index (χ1) is 9.74. The molecule has 104 valence electrons. The van der Waals surface area contributed by atoms with Crippen molar-refractivity contribution in [3.63, 3.8) is 0 Å². The van der Waals surface area contributed by atoms with E-state index in [1.165, 1.54) is 0 Å². The maximum atomic E-state index is 12.5. The third-order valence-electron chi connectivity index (χ3n) is 3.16. The van der Waals surface area contributed by atoms with Crippen molar-refractivity contribution < 1.29 is 4.79 Å². The molecule has 0 atom stereocenters. The van der Waals surface area contributed by atoms with Gasteiger partial charge in [0.05, 0.1) is 5.69 Å². The van der Waals surface area contributed by atoms with Gasteiger partial charge in [0.1, 0.15) is 0 Å². The summed E-state index contributed by atoms with van der Waals surface area (Å²) in [6.07, 6.45) is 1.63. The van der Waals surface area contributed by atoms with E-state index in [1.807, 2.05) is 42.2 Å². The van der Waals surface area contributed by atoms with Crippen LogP contribution in [0.3, 0.4) is 0 Å². The summed E-state index contributed by atoms with van der Waals surface area (Å²) in [5.74, 6) is 0.00783. The van der Waals surface area contributed by atoms with Crippen LogP contribution < -0.4 is 5.73 Å². The van der Waals surface area contributed by atoms with Crippen molar-refractivity contribution in [3.05, 3.63) is 65.5 Å². The molecule has 2 N–H and O–H groups in total. The Labute approximate surface area is 119 Å². The van der Waals surface area contributed by atoms with Gasteiger partial charge in [0, 0.05) is 31.4 Å². The van der Waals surface area contributed by atoms with Gasteiger partial charge in [0.15, 0.2) is 0 Å². The van der Waals surface area contributed by atoms with E-state index in [4.69, 9.17) is 5.73 Å². The smallest absolute Gasteiger partial charge is 0.254 e. The van der Waals surface area contributed by atoms with Gasteiger partial charge in [-0.05, 0) is 24.6 Å². The number of aromatic nitrogens is 1. The van der Waals surface area contributed by atoms with Crippen LogP contribution in [0.25, 0.3) is 0 Å². The molecule has 0 spiro atoms. The summed E-state index contributed by atoms with van der Waals surface area (Å²) in [5.41, 5.74) is 8.05. The minimum Gasteiger partial charge on any atom is -0.335 e. The van der Waals surface area contributed by atoms with E-state index >= 15 is 0 Å². The van der Waals surface area contributed by atoms with Crippen molar-refractivity contribution in [2.45, 2.75) is 20.0 Å². The van der Waals surface area contributed by atoms with Crippen molar-refractivity contribution in [3.8, 4) is 0 Å². The third kappa shape index (κ3) is 3.42. The maximum absolute atomic E-state index is 12.5. The number of benzene rings is 1. The summed E-state index contributed by atoms with van der Waals surface area (Å²) in [5, 5.41) is 0. The molecule has 1 amide bonds. The normalized spacial score (nSPS) is 10.3. The molecule has 0 fully saturated rings. The molecule has 0 saturated carbocycles. The van der Waals surface area contributed by atoms with Crippen LogP contribution >= 0.6 is 0 Å². The van der Waals surface area contributed by atoms with Gasteiger partial charge in [-0.15, -0.1) is 0 Å². The summed E-state index contributed by atoms with van der Waals surface area (Å²) in [4.78, 5) is 18.4. The van der Waals surface area contributed by atoms with Gasteiger partial charge < -0.3 is 10.6 Å². The first kappa shape index (κ1) is 14.2. The Hall–Kier alpha value is -2.20. The molecule has 0 radical (unpaired) electrons. The highest BCUT2D eigenvalue weighted by molar-refractivity contribution is 5.94. The van der Waals surface area contributed by atoms with Crippen LogP contribution in [0, 0.1) is 0 Å². The quantitative estimate of drug-likeness (QED) is 0.905. The number of nitrogens with two attached hydrogens (primary N) is 1. The van der Waals surface area contributed by atoms with E-state index in [0.29, 0.717) is 25.2 Å². The number of nitrogens with zero attached hydrogens (tertiary/aromatic N) is 2. The predicted octanol–water partition coefficient (Wildman–Crippen LogP) is 2.20. The fourth-order valence-electron chi connectivity index (χ4n) is 2.04. The molecule has 0 saturated heterocycles. The number of pyridine rings is 1. The molecule has 0 bridgehead atoms. The van der Waals surface area contributed by atoms with Crippen molar-refractivity contribution in [2.75, 3.05) is 6.54 Å². The average molecular weight is 269 g/mol. The summed E-state index contributed by atoms with van der Waals surface area (Å²) in [7, 11) is 0. The molecule has 2 rings (SSSR count). The Morgan fingerprint density at radius 2 is 2.00 bits per heavy atom. The van der Waals surface area contributed by atoms with Crippen molar-refractivity contribution in [1.29, 1.82) is 0 Å². The highest BCUT2D eigenvalue weighted by Crippen LogP contribution is 2.10. The standard InChI is InChI=1S/C16H19N3O/c1-2-19(12-13-6-4-3-5-7-13)16(20)14-8-9-18-15(10-14)11-17/h3-10H,2,11-12,17H2,1H3. The lowest BCUT2D eigenvalue weighted by atomic mass is 10.1. The summed E-state index contributed by atoms with van der Waals surface area (Å²) in [6.45, 7) is 3.59. The Balaban J connectivity index is 2.16. The fraction of sp³-hybridized carbons (Fsp3) is 0.250. The monoisotopic (exact) mass is 269 g/mol. The van der Waals surface area contributed by atoms with Gasteiger partial charge in [0.25, 0.3) is 5.91 Å². The van der Waals surface area contributed by atoms with Gasteiger partial charge in [-0.1, -0.05) is 30.3 Å². The minimum absolute atomic E-state index is 0.00783. The van der Waals surface area contributed by atoms with E-state index in [1.54, 1.807) is 18.3 Å². The maximum Gasteiger partial charge on any atom is 0.254 e. The Morgan fingerprint density at radius 1 is 1.25 bits per heavy atom. The molecule has 0 unspecified atom stereocenters. The molecule has 20 heavy (non-hydrogen) atoms. The van der Waals surface area contributed by atoms with Crippen LogP contribution in [0.2, 0.25) is 0 Å². The topological polar surface area (TPSA) is 59.2 Å². The lowest BCUT2D eigenvalue weighted by Crippen LogP contribution is -2.30. The number of carbonyl (C=O) groups excluding carboxylic acids is 1. The number of carbonyl (C=O) groups is 1. The van der Waals surface area contributed by atoms with Crippen molar-refractivity contribution in [2.24, 2.45) is 5.73 Å². The molecule has 1 aromatic carbocycles. The summed E-state index contributed by atoms with van der Waals surface area (Å²) in [6, 6.07) is 13.5. The highest BCUT2D eigenvalue weighted by atomic mass is 16.2. The van der Waals surface area contributed by atoms with E-state index in [2.05, 4.69) is 4.98 Å². The van der Waals surface area contributed by atoms with Crippen LogP contribution in [0.5, 0.6) is 0 Å². The fourth-order valence-corrected chi connectivity index (χ4v) is 2.04. The minimum atomic E-state index is 0.00783. The molecular formula is C16H19N3O.